The number of nitrogens with one attached hydrogen (secondary N) is 1. The number of nitrogens with zero attached hydrogens (tertiary/aromatic N) is 3. The number of hydrogen-bond donors (Lipinski definition) is 2. The van der Waals surface area contributed by atoms with Gasteiger partial charge in [-0.15, -0.1) is 0 Å². The van der Waals surface area contributed by atoms with Crippen LogP contribution in [0.25, 0.3) is 10.8 Å². The number of allylic oxidation sites excluding steroid dienone is 2. The van der Waals surface area contributed by atoms with Crippen molar-refractivity contribution in [3.05, 3.63) is 111 Å². The molecule has 3 fully saturated rings. The molecule has 8 rings (SSSR count). The number of aromatic nitrogens is 1. The fourth-order valence-electron chi connectivity index (χ4n) is 9.19. The lowest BCUT2D eigenvalue weighted by atomic mass is 9.49. The maximum absolute atomic E-state index is 15.4. The molecule has 6 atom stereocenters. The van der Waals surface area contributed by atoms with Gasteiger partial charge in [0.2, 0.25) is 11.8 Å². The van der Waals surface area contributed by atoms with E-state index in [0.29, 0.717) is 51.2 Å². The lowest BCUT2D eigenvalue weighted by Crippen LogP contribution is -2.53. The third-order valence-corrected chi connectivity index (χ3v) is 11.9. The molecule has 14 heteroatoms. The second kappa shape index (κ2) is 12.6. The molecule has 9 nitrogen and oxygen atoms in total. The summed E-state index contributed by atoms with van der Waals surface area (Å²) in [5, 5.41) is 12.7. The Hall–Kier alpha value is -4.94. The van der Waals surface area contributed by atoms with Crippen molar-refractivity contribution in [3.63, 3.8) is 0 Å². The largest absolute Gasteiger partial charge is 0.507 e. The maximum Gasteiger partial charge on any atom is 0.417 e. The third-order valence-electron chi connectivity index (χ3n) is 11.3. The van der Waals surface area contributed by atoms with Crippen molar-refractivity contribution >= 4 is 63.4 Å². The van der Waals surface area contributed by atoms with Crippen LogP contribution in [0.15, 0.2) is 84.6 Å². The summed E-state index contributed by atoms with van der Waals surface area (Å²) >= 11 is 12.6. The highest BCUT2D eigenvalue weighted by Gasteiger charge is 2.70. The van der Waals surface area contributed by atoms with E-state index in [4.69, 9.17) is 23.2 Å². The standard InChI is InChI=1S/C39H31Cl2F3N4O5/c1-2-15-47-34(50)26-12-11-25-27(31(26)36(47)52)17-28-35(51)48(46-33-29(41)16-20(18-45-33)39(42,43)44)37(53)38(28,19-7-9-21(40)10-8-19)32(25)24-13-14-30(49)23-6-4-3-5-22(23)24/h3-11,13-14,16,18,26-28,31-32,49H,2,12,15,17H2,1H3,(H,45,46)/t26-,27+,28-,31-,32-,38+/m0/s1. The van der Waals surface area contributed by atoms with Gasteiger partial charge in [0, 0.05) is 29.1 Å². The van der Waals surface area contributed by atoms with E-state index in [0.717, 1.165) is 5.01 Å². The first-order valence-corrected chi connectivity index (χ1v) is 17.9. The number of imide groups is 2. The molecule has 2 N–H and O–H groups in total. The van der Waals surface area contributed by atoms with Crippen LogP contribution in [-0.2, 0) is 30.8 Å². The Morgan fingerprint density at radius 1 is 0.943 bits per heavy atom. The number of phenols is 1. The predicted octanol–water partition coefficient (Wildman–Crippen LogP) is 7.66. The molecule has 272 valence electrons. The molecule has 1 saturated carbocycles. The lowest BCUT2D eigenvalue weighted by Gasteiger charge is -2.51. The zero-order valence-electron chi connectivity index (χ0n) is 28.0. The van der Waals surface area contributed by atoms with Gasteiger partial charge in [-0.05, 0) is 66.0 Å². The van der Waals surface area contributed by atoms with Gasteiger partial charge >= 0.3 is 6.18 Å². The number of alkyl halides is 3. The normalized spacial score (nSPS) is 26.8. The van der Waals surface area contributed by atoms with Crippen molar-refractivity contribution in [2.75, 3.05) is 12.0 Å². The number of phenolic OH excluding ortho intramolecular Hbond substituents is 1. The van der Waals surface area contributed by atoms with Gasteiger partial charge < -0.3 is 5.11 Å². The molecule has 4 aromatic rings. The van der Waals surface area contributed by atoms with Crippen LogP contribution in [0.4, 0.5) is 19.0 Å². The van der Waals surface area contributed by atoms with Crippen LogP contribution in [0.1, 0.15) is 48.8 Å². The molecule has 2 saturated heterocycles. The minimum absolute atomic E-state index is 0.00148. The van der Waals surface area contributed by atoms with Crippen molar-refractivity contribution < 1.29 is 37.5 Å². The van der Waals surface area contributed by atoms with Crippen molar-refractivity contribution in [2.24, 2.45) is 23.7 Å². The molecule has 0 unspecified atom stereocenters. The first kappa shape index (κ1) is 35.1. The smallest absolute Gasteiger partial charge is 0.417 e. The van der Waals surface area contributed by atoms with Crippen LogP contribution >= 0.6 is 23.2 Å². The first-order chi connectivity index (χ1) is 25.3. The van der Waals surface area contributed by atoms with Gasteiger partial charge in [0.05, 0.1) is 33.8 Å². The summed E-state index contributed by atoms with van der Waals surface area (Å²) in [6, 6.07) is 17.5. The number of halogens is 5. The quantitative estimate of drug-likeness (QED) is 0.153. The number of pyridine rings is 1. The highest BCUT2D eigenvalue weighted by molar-refractivity contribution is 6.33. The number of carbonyl (C=O) groups excluding carboxylic acids is 4. The number of hydrazine groups is 1. The molecule has 2 aliphatic carbocycles. The Kier molecular flexibility index (Phi) is 8.34. The van der Waals surface area contributed by atoms with E-state index in [-0.39, 0.29) is 42.8 Å². The predicted molar refractivity (Wildman–Crippen MR) is 189 cm³/mol. The molecule has 3 aromatic carbocycles. The number of fused-ring (bicyclic) bond motifs is 5. The van der Waals surface area contributed by atoms with Gasteiger partial charge in [0.1, 0.15) is 5.75 Å². The minimum atomic E-state index is -4.74. The molecule has 4 aliphatic rings. The Morgan fingerprint density at radius 2 is 1.66 bits per heavy atom. The zero-order chi connectivity index (χ0) is 37.6. The number of hydrogen-bond acceptors (Lipinski definition) is 7. The van der Waals surface area contributed by atoms with Crippen LogP contribution in [0, 0.1) is 23.7 Å². The van der Waals surface area contributed by atoms with E-state index in [1.165, 1.54) is 11.0 Å². The van der Waals surface area contributed by atoms with Crippen LogP contribution < -0.4 is 5.43 Å². The molecule has 1 aromatic heterocycles. The van der Waals surface area contributed by atoms with E-state index < -0.39 is 63.6 Å². The van der Waals surface area contributed by atoms with Gasteiger partial charge in [0.25, 0.3) is 11.8 Å². The Morgan fingerprint density at radius 3 is 2.34 bits per heavy atom. The number of benzene rings is 3. The number of carbonyl (C=O) groups is 4. The maximum atomic E-state index is 15.4. The van der Waals surface area contributed by atoms with Crippen LogP contribution in [-0.4, -0.2) is 50.2 Å². The Labute approximate surface area is 311 Å². The fraction of sp³-hybridized carbons (Fsp3) is 0.308. The topological polar surface area (TPSA) is 120 Å². The summed E-state index contributed by atoms with van der Waals surface area (Å²) in [6.45, 7) is 2.13. The second-order valence-electron chi connectivity index (χ2n) is 14.0. The molecule has 53 heavy (non-hydrogen) atoms. The van der Waals surface area contributed by atoms with Crippen molar-refractivity contribution in [1.82, 2.24) is 14.9 Å². The van der Waals surface area contributed by atoms with Crippen LogP contribution in [0.3, 0.4) is 0 Å². The number of aromatic hydroxyl groups is 1. The SMILES string of the molecule is CCCN1C(=O)[C@H]2[C@H](CC=C3[C@H]2C[C@H]2C(=O)N(Nc4ncc(C(F)(F)F)cc4Cl)C(=O)[C@@]2(c2ccc(Cl)cc2)[C@H]3c2ccc(O)c3ccccc23)C1=O. The summed E-state index contributed by atoms with van der Waals surface area (Å²) in [5.74, 6) is -6.47. The highest BCUT2D eigenvalue weighted by atomic mass is 35.5. The molecule has 0 bridgehead atoms. The average molecular weight is 764 g/mol. The van der Waals surface area contributed by atoms with E-state index in [2.05, 4.69) is 10.4 Å². The highest BCUT2D eigenvalue weighted by Crippen LogP contribution is 2.65. The summed E-state index contributed by atoms with van der Waals surface area (Å²) in [6.07, 6.45) is -1.44. The third kappa shape index (κ3) is 5.16. The number of amides is 4. The molecule has 2 aliphatic heterocycles. The van der Waals surface area contributed by atoms with Gasteiger partial charge in [0.15, 0.2) is 5.82 Å². The summed E-state index contributed by atoms with van der Waals surface area (Å²) < 4.78 is 40.4. The van der Waals surface area contributed by atoms with Gasteiger partial charge in [-0.3, -0.25) is 29.5 Å². The average Bonchev–Trinajstić information content (AvgIpc) is 3.50. The first-order valence-electron chi connectivity index (χ1n) is 17.2. The monoisotopic (exact) mass is 762 g/mol. The van der Waals surface area contributed by atoms with Crippen molar-refractivity contribution in [3.8, 4) is 5.75 Å². The number of anilines is 1. The molecule has 4 amide bonds. The molecule has 3 heterocycles. The lowest BCUT2D eigenvalue weighted by molar-refractivity contribution is -0.141. The van der Waals surface area contributed by atoms with Gasteiger partial charge in [-0.25, -0.2) is 4.98 Å². The number of rotatable bonds is 6. The van der Waals surface area contributed by atoms with Crippen molar-refractivity contribution in [1.29, 1.82) is 0 Å². The number of likely N-dealkylation sites (tertiary alicyclic amines) is 1. The van der Waals surface area contributed by atoms with E-state index >= 15 is 4.79 Å². The van der Waals surface area contributed by atoms with Gasteiger partial charge in [-0.2, -0.15) is 18.2 Å². The fourth-order valence-corrected chi connectivity index (χ4v) is 9.53. The Bertz CT molecular complexity index is 2260. The van der Waals surface area contributed by atoms with Crippen molar-refractivity contribution in [2.45, 2.75) is 43.7 Å². The molecular weight excluding hydrogens is 732 g/mol. The molecular formula is C39H31Cl2F3N4O5. The van der Waals surface area contributed by atoms with E-state index in [9.17, 15) is 32.7 Å². The molecule has 0 spiro atoms. The Balaban J connectivity index is 1.37. The summed E-state index contributed by atoms with van der Waals surface area (Å²) in [4.78, 5) is 63.1. The van der Waals surface area contributed by atoms with Gasteiger partial charge in [-0.1, -0.05) is 84.2 Å². The zero-order valence-corrected chi connectivity index (χ0v) is 29.5. The summed E-state index contributed by atoms with van der Waals surface area (Å²) in [5.41, 5.74) is 1.58. The van der Waals surface area contributed by atoms with Crippen LogP contribution in [0.5, 0.6) is 5.75 Å². The van der Waals surface area contributed by atoms with E-state index in [1.54, 1.807) is 54.6 Å². The summed E-state index contributed by atoms with van der Waals surface area (Å²) in [7, 11) is 0. The van der Waals surface area contributed by atoms with Crippen LogP contribution in [0.2, 0.25) is 10.0 Å². The molecule has 0 radical (unpaired) electrons. The van der Waals surface area contributed by atoms with E-state index in [1.807, 2.05) is 13.0 Å². The minimum Gasteiger partial charge on any atom is -0.507 e. The second-order valence-corrected chi connectivity index (χ2v) is 14.8.